The van der Waals surface area contributed by atoms with Crippen molar-refractivity contribution in [3.8, 4) is 5.75 Å². The first-order valence-corrected chi connectivity index (χ1v) is 9.58. The molecule has 1 aliphatic carbocycles. The number of rotatable bonds is 6. The number of piperidine rings is 1. The molecule has 7 heteroatoms. The molecule has 0 bridgehead atoms. The minimum absolute atomic E-state index is 0.0319. The van der Waals surface area contributed by atoms with Gasteiger partial charge in [0, 0.05) is 25.7 Å². The predicted molar refractivity (Wildman–Crippen MR) is 86.3 cm³/mol. The van der Waals surface area contributed by atoms with E-state index in [0.29, 0.717) is 6.54 Å². The molecule has 1 saturated carbocycles. The number of benzene rings is 1. The molecule has 1 saturated heterocycles. The van der Waals surface area contributed by atoms with E-state index in [-0.39, 0.29) is 22.9 Å². The Kier molecular flexibility index (Phi) is 4.89. The molecule has 2 fully saturated rings. The fraction of sp³-hybridized carbons (Fsp3) is 0.625. The van der Waals surface area contributed by atoms with Crippen LogP contribution in [0, 0.1) is 5.82 Å². The summed E-state index contributed by atoms with van der Waals surface area (Å²) in [7, 11) is -1.66. The van der Waals surface area contributed by atoms with Crippen LogP contribution in [0.4, 0.5) is 4.39 Å². The SMILES string of the molecule is COc1ccc(CN2CCC(NS(=O)(=O)C3CC3)CC2)cc1F. The first-order chi connectivity index (χ1) is 11.0. The number of hydrogen-bond donors (Lipinski definition) is 1. The van der Waals surface area contributed by atoms with Gasteiger partial charge in [0.15, 0.2) is 11.6 Å². The average Bonchev–Trinajstić information content (AvgIpc) is 3.34. The van der Waals surface area contributed by atoms with Crippen LogP contribution in [0.1, 0.15) is 31.2 Å². The van der Waals surface area contributed by atoms with E-state index in [9.17, 15) is 12.8 Å². The fourth-order valence-electron chi connectivity index (χ4n) is 2.98. The van der Waals surface area contributed by atoms with Crippen LogP contribution in [0.15, 0.2) is 18.2 Å². The highest BCUT2D eigenvalue weighted by molar-refractivity contribution is 7.90. The summed E-state index contributed by atoms with van der Waals surface area (Å²) in [6, 6.07) is 5.04. The van der Waals surface area contributed by atoms with Crippen molar-refractivity contribution in [3.05, 3.63) is 29.6 Å². The van der Waals surface area contributed by atoms with Gasteiger partial charge in [-0.1, -0.05) is 6.07 Å². The van der Waals surface area contributed by atoms with Gasteiger partial charge in [-0.05, 0) is 43.4 Å². The maximum atomic E-state index is 13.7. The lowest BCUT2D eigenvalue weighted by atomic mass is 10.1. The molecule has 0 unspecified atom stereocenters. The van der Waals surface area contributed by atoms with Gasteiger partial charge < -0.3 is 4.74 Å². The van der Waals surface area contributed by atoms with Crippen LogP contribution < -0.4 is 9.46 Å². The Bertz CT molecular complexity index is 653. The zero-order valence-electron chi connectivity index (χ0n) is 13.3. The Morgan fingerprint density at radius 1 is 1.26 bits per heavy atom. The van der Waals surface area contributed by atoms with Gasteiger partial charge in [0.1, 0.15) is 0 Å². The summed E-state index contributed by atoms with van der Waals surface area (Å²) in [5.41, 5.74) is 0.903. The van der Waals surface area contributed by atoms with Crippen molar-refractivity contribution >= 4 is 10.0 Å². The molecule has 3 rings (SSSR count). The Labute approximate surface area is 136 Å². The monoisotopic (exact) mass is 342 g/mol. The third-order valence-electron chi connectivity index (χ3n) is 4.50. The van der Waals surface area contributed by atoms with E-state index >= 15 is 0 Å². The largest absolute Gasteiger partial charge is 0.494 e. The summed E-state index contributed by atoms with van der Waals surface area (Å²) in [6.45, 7) is 2.29. The van der Waals surface area contributed by atoms with Gasteiger partial charge in [-0.25, -0.2) is 17.5 Å². The zero-order valence-corrected chi connectivity index (χ0v) is 14.1. The average molecular weight is 342 g/mol. The molecule has 23 heavy (non-hydrogen) atoms. The third kappa shape index (κ3) is 4.22. The highest BCUT2D eigenvalue weighted by atomic mass is 32.2. The van der Waals surface area contributed by atoms with Crippen LogP contribution in [-0.4, -0.2) is 44.8 Å². The van der Waals surface area contributed by atoms with E-state index in [1.54, 1.807) is 6.07 Å². The molecule has 128 valence electrons. The lowest BCUT2D eigenvalue weighted by molar-refractivity contribution is 0.199. The predicted octanol–water partition coefficient (Wildman–Crippen LogP) is 1.88. The van der Waals surface area contributed by atoms with Crippen molar-refractivity contribution < 1.29 is 17.5 Å². The van der Waals surface area contributed by atoms with E-state index in [1.165, 1.54) is 13.2 Å². The van der Waals surface area contributed by atoms with Crippen molar-refractivity contribution in [2.24, 2.45) is 0 Å². The van der Waals surface area contributed by atoms with Gasteiger partial charge in [-0.2, -0.15) is 0 Å². The Hall–Kier alpha value is -1.18. The summed E-state index contributed by atoms with van der Waals surface area (Å²) in [5, 5.41) is -0.164. The second-order valence-corrected chi connectivity index (χ2v) is 8.37. The van der Waals surface area contributed by atoms with E-state index in [1.807, 2.05) is 6.07 Å². The van der Waals surface area contributed by atoms with Crippen molar-refractivity contribution in [1.29, 1.82) is 0 Å². The lowest BCUT2D eigenvalue weighted by Crippen LogP contribution is -2.45. The molecule has 0 spiro atoms. The summed E-state index contributed by atoms with van der Waals surface area (Å²) in [4.78, 5) is 2.23. The van der Waals surface area contributed by atoms with Crippen LogP contribution in [0.2, 0.25) is 0 Å². The number of halogens is 1. The molecule has 1 N–H and O–H groups in total. The first-order valence-electron chi connectivity index (χ1n) is 8.04. The van der Waals surface area contributed by atoms with Gasteiger partial charge in [-0.3, -0.25) is 4.90 Å². The molecule has 1 aromatic rings. The fourth-order valence-corrected chi connectivity index (χ4v) is 4.63. The van der Waals surface area contributed by atoms with Crippen LogP contribution in [-0.2, 0) is 16.6 Å². The number of hydrogen-bond acceptors (Lipinski definition) is 4. The summed E-state index contributed by atoms with van der Waals surface area (Å²) < 4.78 is 45.4. The van der Waals surface area contributed by atoms with Gasteiger partial charge in [0.25, 0.3) is 0 Å². The maximum absolute atomic E-state index is 13.7. The lowest BCUT2D eigenvalue weighted by Gasteiger charge is -2.32. The van der Waals surface area contributed by atoms with Crippen LogP contribution in [0.5, 0.6) is 5.75 Å². The van der Waals surface area contributed by atoms with Gasteiger partial charge in [0.2, 0.25) is 10.0 Å². The van der Waals surface area contributed by atoms with Crippen LogP contribution in [0.3, 0.4) is 0 Å². The van der Waals surface area contributed by atoms with Crippen molar-refractivity contribution in [1.82, 2.24) is 9.62 Å². The molecule has 2 aliphatic rings. The van der Waals surface area contributed by atoms with Crippen molar-refractivity contribution in [3.63, 3.8) is 0 Å². The van der Waals surface area contributed by atoms with Gasteiger partial charge >= 0.3 is 0 Å². The molecule has 0 aromatic heterocycles. The van der Waals surface area contributed by atoms with Crippen LogP contribution >= 0.6 is 0 Å². The minimum atomic E-state index is -3.11. The molecule has 0 amide bonds. The second kappa shape index (κ2) is 6.75. The third-order valence-corrected chi connectivity index (χ3v) is 6.52. The number of nitrogens with zero attached hydrogens (tertiary/aromatic N) is 1. The van der Waals surface area contributed by atoms with E-state index < -0.39 is 10.0 Å². The summed E-state index contributed by atoms with van der Waals surface area (Å²) >= 11 is 0. The number of ether oxygens (including phenoxy) is 1. The maximum Gasteiger partial charge on any atom is 0.214 e. The minimum Gasteiger partial charge on any atom is -0.494 e. The van der Waals surface area contributed by atoms with Crippen molar-refractivity contribution in [2.75, 3.05) is 20.2 Å². The molecule has 0 atom stereocenters. The first kappa shape index (κ1) is 16.7. The topological polar surface area (TPSA) is 58.6 Å². The number of nitrogens with one attached hydrogen (secondary N) is 1. The van der Waals surface area contributed by atoms with Gasteiger partial charge in [0.05, 0.1) is 12.4 Å². The highest BCUT2D eigenvalue weighted by Gasteiger charge is 2.37. The second-order valence-electron chi connectivity index (χ2n) is 6.38. The highest BCUT2D eigenvalue weighted by Crippen LogP contribution is 2.28. The normalized spacial score (nSPS) is 20.6. The zero-order chi connectivity index (χ0) is 16.4. The molecule has 5 nitrogen and oxygen atoms in total. The quantitative estimate of drug-likeness (QED) is 0.858. The number of likely N-dealkylation sites (tertiary alicyclic amines) is 1. The van der Waals surface area contributed by atoms with Crippen molar-refractivity contribution in [2.45, 2.75) is 43.5 Å². The Morgan fingerprint density at radius 3 is 2.52 bits per heavy atom. The molecular formula is C16H23FN2O3S. The summed E-state index contributed by atoms with van der Waals surface area (Å²) in [6.07, 6.45) is 3.17. The van der Waals surface area contributed by atoms with Gasteiger partial charge in [-0.15, -0.1) is 0 Å². The van der Waals surface area contributed by atoms with E-state index in [0.717, 1.165) is 44.3 Å². The molecular weight excluding hydrogens is 319 g/mol. The molecule has 1 heterocycles. The Balaban J connectivity index is 1.50. The van der Waals surface area contributed by atoms with E-state index in [4.69, 9.17) is 4.74 Å². The van der Waals surface area contributed by atoms with Crippen LogP contribution in [0.25, 0.3) is 0 Å². The Morgan fingerprint density at radius 2 is 1.96 bits per heavy atom. The molecule has 1 aliphatic heterocycles. The smallest absolute Gasteiger partial charge is 0.214 e. The van der Waals surface area contributed by atoms with E-state index in [2.05, 4.69) is 9.62 Å². The number of methoxy groups -OCH3 is 1. The number of sulfonamides is 1. The standard InChI is InChI=1S/C16H23FN2O3S/c1-22-16-5-2-12(10-15(16)17)11-19-8-6-13(7-9-19)18-23(20,21)14-3-4-14/h2,5,10,13-14,18H,3-4,6-9,11H2,1H3. The summed E-state index contributed by atoms with van der Waals surface area (Å²) in [5.74, 6) is -0.0981. The molecule has 0 radical (unpaired) electrons. The molecule has 1 aromatic carbocycles.